The number of ether oxygens (including phenoxy) is 1. The van der Waals surface area contributed by atoms with Crippen molar-refractivity contribution in [3.63, 3.8) is 0 Å². The zero-order chi connectivity index (χ0) is 12.3. The van der Waals surface area contributed by atoms with Gasteiger partial charge in [-0.25, -0.2) is 9.78 Å². The zero-order valence-corrected chi connectivity index (χ0v) is 9.88. The number of esters is 1. The van der Waals surface area contributed by atoms with Crippen LogP contribution in [0.1, 0.15) is 18.2 Å². The quantitative estimate of drug-likeness (QED) is 0.600. The predicted octanol–water partition coefficient (Wildman–Crippen LogP) is 2.22. The average Bonchev–Trinajstić information content (AvgIpc) is 2.69. The fourth-order valence-electron chi connectivity index (χ4n) is 1.57. The topological polar surface area (TPSA) is 43.6 Å². The van der Waals surface area contributed by atoms with Gasteiger partial charge >= 0.3 is 5.97 Å². The van der Waals surface area contributed by atoms with Crippen molar-refractivity contribution in [3.05, 3.63) is 41.9 Å². The lowest BCUT2D eigenvalue weighted by molar-refractivity contribution is -0.137. The van der Waals surface area contributed by atoms with Crippen molar-refractivity contribution in [1.29, 1.82) is 0 Å². The van der Waals surface area contributed by atoms with Crippen molar-refractivity contribution in [3.8, 4) is 0 Å². The van der Waals surface area contributed by atoms with Gasteiger partial charge in [-0.1, -0.05) is 6.07 Å². The molecule has 2 heterocycles. The molecule has 2 aromatic heterocycles. The van der Waals surface area contributed by atoms with Gasteiger partial charge in [0.15, 0.2) is 0 Å². The van der Waals surface area contributed by atoms with E-state index in [0.29, 0.717) is 6.61 Å². The van der Waals surface area contributed by atoms with E-state index in [-0.39, 0.29) is 5.97 Å². The normalized spacial score (nSPS) is 11.2. The summed E-state index contributed by atoms with van der Waals surface area (Å²) in [7, 11) is 0. The Morgan fingerprint density at radius 1 is 1.53 bits per heavy atom. The van der Waals surface area contributed by atoms with E-state index < -0.39 is 0 Å². The molecule has 0 aliphatic rings. The number of pyridine rings is 1. The Morgan fingerprint density at radius 2 is 2.35 bits per heavy atom. The molecule has 0 aromatic carbocycles. The van der Waals surface area contributed by atoms with Crippen LogP contribution in [0.4, 0.5) is 0 Å². The third-order valence-electron chi connectivity index (χ3n) is 2.36. The molecule has 2 rings (SSSR count). The van der Waals surface area contributed by atoms with Crippen molar-refractivity contribution in [2.45, 2.75) is 13.8 Å². The molecular formula is C13H14N2O2. The molecule has 0 amide bonds. The van der Waals surface area contributed by atoms with Crippen LogP contribution in [0.5, 0.6) is 0 Å². The van der Waals surface area contributed by atoms with Gasteiger partial charge in [0.25, 0.3) is 0 Å². The Bertz CT molecular complexity index is 570. The van der Waals surface area contributed by atoms with Crippen LogP contribution in [0.15, 0.2) is 30.6 Å². The van der Waals surface area contributed by atoms with Crippen LogP contribution in [-0.2, 0) is 9.53 Å². The van der Waals surface area contributed by atoms with Gasteiger partial charge in [-0.05, 0) is 31.6 Å². The largest absolute Gasteiger partial charge is 0.463 e. The maximum absolute atomic E-state index is 11.2. The second-order valence-corrected chi connectivity index (χ2v) is 3.70. The van der Waals surface area contributed by atoms with Gasteiger partial charge in [0.05, 0.1) is 18.5 Å². The van der Waals surface area contributed by atoms with Gasteiger partial charge in [0, 0.05) is 12.3 Å². The maximum Gasteiger partial charge on any atom is 0.330 e. The molecule has 17 heavy (non-hydrogen) atoms. The summed E-state index contributed by atoms with van der Waals surface area (Å²) < 4.78 is 6.76. The van der Waals surface area contributed by atoms with Gasteiger partial charge in [0.2, 0.25) is 0 Å². The molecule has 0 atom stereocenters. The number of imidazole rings is 1. The summed E-state index contributed by atoms with van der Waals surface area (Å²) in [5.41, 5.74) is 2.86. The van der Waals surface area contributed by atoms with E-state index in [1.807, 2.05) is 29.7 Å². The first kappa shape index (κ1) is 11.4. The smallest absolute Gasteiger partial charge is 0.330 e. The van der Waals surface area contributed by atoms with Crippen LogP contribution in [0.2, 0.25) is 0 Å². The molecule has 0 aliphatic heterocycles. The van der Waals surface area contributed by atoms with Crippen LogP contribution in [0.25, 0.3) is 11.7 Å². The minimum Gasteiger partial charge on any atom is -0.463 e. The fraction of sp³-hybridized carbons (Fsp3) is 0.231. The average molecular weight is 230 g/mol. The Morgan fingerprint density at radius 3 is 3.12 bits per heavy atom. The molecule has 0 bridgehead atoms. The first-order chi connectivity index (χ1) is 8.20. The van der Waals surface area contributed by atoms with Crippen LogP contribution >= 0.6 is 0 Å². The highest BCUT2D eigenvalue weighted by atomic mass is 16.5. The summed E-state index contributed by atoms with van der Waals surface area (Å²) >= 11 is 0. The molecule has 0 saturated carbocycles. The van der Waals surface area contributed by atoms with Gasteiger partial charge in [-0.3, -0.25) is 0 Å². The van der Waals surface area contributed by atoms with E-state index in [1.165, 1.54) is 6.08 Å². The van der Waals surface area contributed by atoms with E-state index in [4.69, 9.17) is 4.74 Å². The standard InChI is InChI=1S/C13H14N2O2/c1-3-17-13(16)7-5-11-8-14-12-6-4-10(2)9-15(11)12/h4-9H,3H2,1-2H3/b7-5+. The molecule has 88 valence electrons. The minimum atomic E-state index is -0.338. The lowest BCUT2D eigenvalue weighted by atomic mass is 10.3. The van der Waals surface area contributed by atoms with Crippen LogP contribution < -0.4 is 0 Å². The van der Waals surface area contributed by atoms with Crippen molar-refractivity contribution in [1.82, 2.24) is 9.38 Å². The van der Waals surface area contributed by atoms with Crippen molar-refractivity contribution >= 4 is 17.7 Å². The van der Waals surface area contributed by atoms with E-state index >= 15 is 0 Å². The third-order valence-corrected chi connectivity index (χ3v) is 2.36. The molecule has 0 unspecified atom stereocenters. The number of carbonyl (C=O) groups is 1. The van der Waals surface area contributed by atoms with Crippen LogP contribution in [-0.4, -0.2) is 22.0 Å². The van der Waals surface area contributed by atoms with Crippen LogP contribution in [0, 0.1) is 6.92 Å². The number of nitrogens with zero attached hydrogens (tertiary/aromatic N) is 2. The number of fused-ring (bicyclic) bond motifs is 1. The van der Waals surface area contributed by atoms with E-state index in [9.17, 15) is 4.79 Å². The second-order valence-electron chi connectivity index (χ2n) is 3.70. The molecule has 0 aliphatic carbocycles. The molecule has 0 radical (unpaired) electrons. The van der Waals surface area contributed by atoms with E-state index in [1.54, 1.807) is 19.2 Å². The lowest BCUT2D eigenvalue weighted by Gasteiger charge is -1.98. The molecule has 0 saturated heterocycles. The van der Waals surface area contributed by atoms with Crippen molar-refractivity contribution in [2.24, 2.45) is 0 Å². The molecule has 2 aromatic rings. The number of aryl methyl sites for hydroxylation is 1. The Hall–Kier alpha value is -2.10. The number of hydrogen-bond acceptors (Lipinski definition) is 3. The molecule has 0 fully saturated rings. The number of aromatic nitrogens is 2. The lowest BCUT2D eigenvalue weighted by Crippen LogP contribution is -1.99. The Labute approximate surface area is 99.5 Å². The van der Waals surface area contributed by atoms with Crippen molar-refractivity contribution < 1.29 is 9.53 Å². The predicted molar refractivity (Wildman–Crippen MR) is 65.6 cm³/mol. The number of rotatable bonds is 3. The third kappa shape index (κ3) is 2.53. The molecule has 4 nitrogen and oxygen atoms in total. The maximum atomic E-state index is 11.2. The fourth-order valence-corrected chi connectivity index (χ4v) is 1.57. The summed E-state index contributed by atoms with van der Waals surface area (Å²) in [6.07, 6.45) is 6.82. The van der Waals surface area contributed by atoms with Gasteiger partial charge in [0.1, 0.15) is 5.65 Å². The minimum absolute atomic E-state index is 0.338. The van der Waals surface area contributed by atoms with Crippen molar-refractivity contribution in [2.75, 3.05) is 6.61 Å². The summed E-state index contributed by atoms with van der Waals surface area (Å²) in [5, 5.41) is 0. The number of hydrogen-bond donors (Lipinski definition) is 0. The highest BCUT2D eigenvalue weighted by molar-refractivity contribution is 5.86. The number of carbonyl (C=O) groups excluding carboxylic acids is 1. The summed E-state index contributed by atoms with van der Waals surface area (Å²) in [4.78, 5) is 15.4. The molecule has 0 N–H and O–H groups in total. The zero-order valence-electron chi connectivity index (χ0n) is 9.88. The summed E-state index contributed by atoms with van der Waals surface area (Å²) in [6.45, 7) is 4.18. The highest BCUT2D eigenvalue weighted by Gasteiger charge is 2.01. The Kier molecular flexibility index (Phi) is 3.23. The Balaban J connectivity index is 2.30. The molecule has 4 heteroatoms. The second kappa shape index (κ2) is 4.82. The first-order valence-electron chi connectivity index (χ1n) is 5.49. The van der Waals surface area contributed by atoms with E-state index in [2.05, 4.69) is 4.98 Å². The molecular weight excluding hydrogens is 216 g/mol. The summed E-state index contributed by atoms with van der Waals surface area (Å²) in [6, 6.07) is 3.94. The van der Waals surface area contributed by atoms with E-state index in [0.717, 1.165) is 16.9 Å². The van der Waals surface area contributed by atoms with Crippen LogP contribution in [0.3, 0.4) is 0 Å². The van der Waals surface area contributed by atoms with Gasteiger partial charge in [-0.15, -0.1) is 0 Å². The SMILES string of the molecule is CCOC(=O)/C=C/c1cnc2ccc(C)cn12. The van der Waals surface area contributed by atoms with Gasteiger partial charge < -0.3 is 9.14 Å². The molecule has 0 spiro atoms. The monoisotopic (exact) mass is 230 g/mol. The van der Waals surface area contributed by atoms with Gasteiger partial charge in [-0.2, -0.15) is 0 Å². The highest BCUT2D eigenvalue weighted by Crippen LogP contribution is 2.10. The summed E-state index contributed by atoms with van der Waals surface area (Å²) in [5.74, 6) is -0.338. The first-order valence-corrected chi connectivity index (χ1v) is 5.49.